The molecule has 1 aliphatic heterocycles. The van der Waals surface area contributed by atoms with Gasteiger partial charge in [-0.05, 0) is 29.5 Å². The standard InChI is InChI=1S/C15H30IN3OS/c1-19(11-13-20-14-12-19)10-6-9-18-15(21)17-8-5-3-2-4-7-16/h2-14H2,1H3,(H-,17,18,21)/p+1. The number of ether oxygens (including phenoxy) is 1. The minimum atomic E-state index is 0.813. The number of quaternary nitrogens is 1. The quantitative estimate of drug-likeness (QED) is 0.184. The summed E-state index contributed by atoms with van der Waals surface area (Å²) in [5.41, 5.74) is 0. The Morgan fingerprint density at radius 1 is 1.05 bits per heavy atom. The summed E-state index contributed by atoms with van der Waals surface area (Å²) in [5, 5.41) is 7.43. The molecule has 1 saturated heterocycles. The van der Waals surface area contributed by atoms with Gasteiger partial charge in [0.15, 0.2) is 5.11 Å². The Bertz CT molecular complexity index is 286. The summed E-state index contributed by atoms with van der Waals surface area (Å²) in [6.07, 6.45) is 6.36. The number of halogens is 1. The lowest BCUT2D eigenvalue weighted by molar-refractivity contribution is -0.916. The van der Waals surface area contributed by atoms with E-state index in [1.54, 1.807) is 0 Å². The van der Waals surface area contributed by atoms with E-state index < -0.39 is 0 Å². The van der Waals surface area contributed by atoms with Crippen molar-refractivity contribution in [3.05, 3.63) is 0 Å². The zero-order valence-corrected chi connectivity index (χ0v) is 16.3. The fourth-order valence-corrected chi connectivity index (χ4v) is 3.25. The average molecular weight is 428 g/mol. The summed E-state index contributed by atoms with van der Waals surface area (Å²) in [4.78, 5) is 0. The van der Waals surface area contributed by atoms with E-state index in [0.29, 0.717) is 0 Å². The van der Waals surface area contributed by atoms with E-state index in [-0.39, 0.29) is 0 Å². The van der Waals surface area contributed by atoms with Gasteiger partial charge in [-0.3, -0.25) is 0 Å². The fraction of sp³-hybridized carbons (Fsp3) is 0.933. The minimum absolute atomic E-state index is 0.813. The van der Waals surface area contributed by atoms with Crippen molar-refractivity contribution in [2.75, 3.05) is 57.4 Å². The molecule has 0 amide bonds. The van der Waals surface area contributed by atoms with Crippen molar-refractivity contribution in [3.63, 3.8) is 0 Å². The van der Waals surface area contributed by atoms with Crippen LogP contribution in [0.1, 0.15) is 32.1 Å². The Morgan fingerprint density at radius 3 is 2.33 bits per heavy atom. The van der Waals surface area contributed by atoms with Gasteiger partial charge in [0.05, 0.1) is 26.8 Å². The molecule has 0 aromatic rings. The number of nitrogens with one attached hydrogen (secondary N) is 2. The van der Waals surface area contributed by atoms with Crippen LogP contribution in [0.4, 0.5) is 0 Å². The largest absolute Gasteiger partial charge is 0.370 e. The van der Waals surface area contributed by atoms with Crippen LogP contribution in [-0.4, -0.2) is 67.0 Å². The molecule has 1 aliphatic rings. The molecule has 4 nitrogen and oxygen atoms in total. The van der Waals surface area contributed by atoms with E-state index in [1.165, 1.54) is 36.7 Å². The second-order valence-corrected chi connectivity index (χ2v) is 7.53. The summed E-state index contributed by atoms with van der Waals surface area (Å²) in [7, 11) is 2.33. The van der Waals surface area contributed by atoms with Crippen LogP contribution in [0, 0.1) is 0 Å². The van der Waals surface area contributed by atoms with Gasteiger partial charge < -0.3 is 19.9 Å². The van der Waals surface area contributed by atoms with Gasteiger partial charge in [-0.2, -0.15) is 0 Å². The molecule has 0 radical (unpaired) electrons. The Morgan fingerprint density at radius 2 is 1.67 bits per heavy atom. The number of alkyl halides is 1. The Kier molecular flexibility index (Phi) is 10.9. The highest BCUT2D eigenvalue weighted by atomic mass is 127. The molecule has 0 aromatic heterocycles. The van der Waals surface area contributed by atoms with Crippen molar-refractivity contribution in [1.29, 1.82) is 0 Å². The van der Waals surface area contributed by atoms with Crippen molar-refractivity contribution < 1.29 is 9.22 Å². The van der Waals surface area contributed by atoms with Crippen LogP contribution in [-0.2, 0) is 4.74 Å². The van der Waals surface area contributed by atoms with Crippen LogP contribution in [0.15, 0.2) is 0 Å². The number of unbranched alkanes of at least 4 members (excludes halogenated alkanes) is 3. The SMILES string of the molecule is C[N+]1(CCCNC(=S)NCCCCCCI)CCOCC1. The molecule has 1 fully saturated rings. The first-order chi connectivity index (χ1) is 10.2. The molecule has 0 bridgehead atoms. The smallest absolute Gasteiger partial charge is 0.166 e. The molecular weight excluding hydrogens is 397 g/mol. The van der Waals surface area contributed by atoms with E-state index in [4.69, 9.17) is 17.0 Å². The Hall–Kier alpha value is 0.340. The summed E-state index contributed by atoms with van der Waals surface area (Å²) in [6.45, 7) is 7.26. The van der Waals surface area contributed by atoms with Gasteiger partial charge in [0.25, 0.3) is 0 Å². The van der Waals surface area contributed by atoms with Crippen molar-refractivity contribution in [2.45, 2.75) is 32.1 Å². The molecule has 2 N–H and O–H groups in total. The van der Waals surface area contributed by atoms with Crippen LogP contribution < -0.4 is 10.6 Å². The number of hydrogen-bond donors (Lipinski definition) is 2. The molecule has 1 rings (SSSR count). The number of nitrogens with zero attached hydrogens (tertiary/aromatic N) is 1. The van der Waals surface area contributed by atoms with Gasteiger partial charge in [-0.25, -0.2) is 0 Å². The highest BCUT2D eigenvalue weighted by Gasteiger charge is 2.24. The van der Waals surface area contributed by atoms with E-state index in [2.05, 4.69) is 40.3 Å². The van der Waals surface area contributed by atoms with Gasteiger partial charge >= 0.3 is 0 Å². The van der Waals surface area contributed by atoms with Crippen molar-refractivity contribution >= 4 is 39.9 Å². The number of rotatable bonds is 10. The maximum atomic E-state index is 5.43. The van der Waals surface area contributed by atoms with E-state index in [9.17, 15) is 0 Å². The van der Waals surface area contributed by atoms with Crippen LogP contribution >= 0.6 is 34.8 Å². The molecule has 0 saturated carbocycles. The maximum absolute atomic E-state index is 5.43. The molecule has 0 spiro atoms. The van der Waals surface area contributed by atoms with Crippen LogP contribution in [0.2, 0.25) is 0 Å². The molecule has 6 heteroatoms. The normalized spacial score (nSPS) is 17.4. The van der Waals surface area contributed by atoms with Crippen molar-refractivity contribution in [1.82, 2.24) is 10.6 Å². The molecule has 124 valence electrons. The van der Waals surface area contributed by atoms with Gasteiger partial charge in [-0.15, -0.1) is 0 Å². The lowest BCUT2D eigenvalue weighted by atomic mass is 10.2. The zero-order valence-electron chi connectivity index (χ0n) is 13.3. The first kappa shape index (κ1) is 19.4. The van der Waals surface area contributed by atoms with Crippen LogP contribution in [0.5, 0.6) is 0 Å². The first-order valence-electron chi connectivity index (χ1n) is 8.15. The number of likely N-dealkylation sites (N-methyl/N-ethyl adjacent to an activating group) is 1. The minimum Gasteiger partial charge on any atom is -0.370 e. The van der Waals surface area contributed by atoms with E-state index in [0.717, 1.165) is 55.4 Å². The van der Waals surface area contributed by atoms with Crippen molar-refractivity contribution in [2.24, 2.45) is 0 Å². The summed E-state index contributed by atoms with van der Waals surface area (Å²) >= 11 is 7.74. The third kappa shape index (κ3) is 9.86. The predicted octanol–water partition coefficient (Wildman–Crippen LogP) is 2.31. The summed E-state index contributed by atoms with van der Waals surface area (Å²) < 4.78 is 7.84. The molecule has 0 aromatic carbocycles. The summed E-state index contributed by atoms with van der Waals surface area (Å²) in [5.74, 6) is 0. The maximum Gasteiger partial charge on any atom is 0.166 e. The molecule has 1 heterocycles. The molecule has 21 heavy (non-hydrogen) atoms. The highest BCUT2D eigenvalue weighted by molar-refractivity contribution is 14.1. The van der Waals surface area contributed by atoms with Crippen LogP contribution in [0.25, 0.3) is 0 Å². The lowest BCUT2D eigenvalue weighted by Gasteiger charge is -2.37. The van der Waals surface area contributed by atoms with Gasteiger partial charge in [0.1, 0.15) is 13.1 Å². The zero-order chi connectivity index (χ0) is 15.4. The highest BCUT2D eigenvalue weighted by Crippen LogP contribution is 2.08. The number of morpholine rings is 1. The number of hydrogen-bond acceptors (Lipinski definition) is 2. The average Bonchev–Trinajstić information content (AvgIpc) is 2.48. The predicted molar refractivity (Wildman–Crippen MR) is 102 cm³/mol. The number of thiocarbonyl (C=S) groups is 1. The Labute approximate surface area is 149 Å². The van der Waals surface area contributed by atoms with Crippen LogP contribution in [0.3, 0.4) is 0 Å². The van der Waals surface area contributed by atoms with Gasteiger partial charge in [0, 0.05) is 19.5 Å². The van der Waals surface area contributed by atoms with E-state index in [1.807, 2.05) is 0 Å². The van der Waals surface area contributed by atoms with E-state index >= 15 is 0 Å². The second-order valence-electron chi connectivity index (χ2n) is 6.04. The van der Waals surface area contributed by atoms with Gasteiger partial charge in [-0.1, -0.05) is 35.4 Å². The first-order valence-corrected chi connectivity index (χ1v) is 10.1. The summed E-state index contributed by atoms with van der Waals surface area (Å²) in [6, 6.07) is 0. The third-order valence-corrected chi connectivity index (χ3v) is 5.11. The van der Waals surface area contributed by atoms with Crippen molar-refractivity contribution in [3.8, 4) is 0 Å². The fourth-order valence-electron chi connectivity index (χ4n) is 2.51. The third-order valence-electron chi connectivity index (χ3n) is 4.06. The molecule has 0 unspecified atom stereocenters. The molecular formula is C15H31IN3OS+. The molecule has 0 atom stereocenters. The monoisotopic (exact) mass is 428 g/mol. The second kappa shape index (κ2) is 11.8. The van der Waals surface area contributed by atoms with Gasteiger partial charge in [0.2, 0.25) is 0 Å². The topological polar surface area (TPSA) is 33.3 Å². The Balaban J connectivity index is 1.93. The molecule has 0 aliphatic carbocycles. The lowest BCUT2D eigenvalue weighted by Crippen LogP contribution is -2.53.